The number of carbonyl (C=O) groups is 1. The number of anilines is 1. The first kappa shape index (κ1) is 20.7. The topological polar surface area (TPSA) is 61.0 Å². The summed E-state index contributed by atoms with van der Waals surface area (Å²) in [6.45, 7) is 3.07. The van der Waals surface area contributed by atoms with Crippen molar-refractivity contribution in [3.05, 3.63) is 34.9 Å². The van der Waals surface area contributed by atoms with Crippen molar-refractivity contribution in [1.29, 1.82) is 0 Å². The number of alkyl halides is 3. The number of H-pyrrole nitrogens is 1. The quantitative estimate of drug-likeness (QED) is 0.702. The Morgan fingerprint density at radius 1 is 1.21 bits per heavy atom. The number of piperidine rings is 1. The highest BCUT2D eigenvalue weighted by Crippen LogP contribution is 2.37. The van der Waals surface area contributed by atoms with Gasteiger partial charge < -0.3 is 10.2 Å². The molecule has 0 saturated carbocycles. The molecular formula is C19H22ClF3N4O. The standard InChI is InChI=1S/C19H22ClF3N4O/c20-15-7-6-13(11-14(15)19(21,22)23)16-12-17(26-25-16)24-18(28)5-4-10-27-8-2-1-3-9-27/h6-7,11-12H,1-5,8-10H2,(H2,24,25,26,28). The molecule has 1 fully saturated rings. The lowest BCUT2D eigenvalue weighted by atomic mass is 10.1. The number of likely N-dealkylation sites (tertiary alicyclic amines) is 1. The Kier molecular flexibility index (Phi) is 6.61. The van der Waals surface area contributed by atoms with Crippen LogP contribution in [0.4, 0.5) is 19.0 Å². The molecule has 1 aromatic heterocycles. The average Bonchev–Trinajstić information content (AvgIpc) is 3.10. The van der Waals surface area contributed by atoms with Gasteiger partial charge in [0, 0.05) is 18.1 Å². The molecule has 0 atom stereocenters. The molecule has 1 aliphatic heterocycles. The number of hydrogen-bond donors (Lipinski definition) is 2. The maximum absolute atomic E-state index is 13.0. The molecule has 28 heavy (non-hydrogen) atoms. The summed E-state index contributed by atoms with van der Waals surface area (Å²) in [6, 6.07) is 5.13. The van der Waals surface area contributed by atoms with E-state index in [4.69, 9.17) is 11.6 Å². The molecule has 3 rings (SSSR count). The number of nitrogens with zero attached hydrogens (tertiary/aromatic N) is 2. The van der Waals surface area contributed by atoms with Crippen LogP contribution < -0.4 is 5.32 Å². The van der Waals surface area contributed by atoms with Crippen molar-refractivity contribution in [2.75, 3.05) is 25.0 Å². The summed E-state index contributed by atoms with van der Waals surface area (Å²) in [6.07, 6.45) is 0.286. The van der Waals surface area contributed by atoms with Crippen LogP contribution in [0.15, 0.2) is 24.3 Å². The third-order valence-corrected chi connectivity index (χ3v) is 5.08. The van der Waals surface area contributed by atoms with Gasteiger partial charge in [-0.1, -0.05) is 24.1 Å². The lowest BCUT2D eigenvalue weighted by molar-refractivity contribution is -0.137. The molecule has 1 saturated heterocycles. The molecule has 9 heteroatoms. The van der Waals surface area contributed by atoms with Crippen molar-refractivity contribution < 1.29 is 18.0 Å². The van der Waals surface area contributed by atoms with Gasteiger partial charge in [-0.15, -0.1) is 0 Å². The van der Waals surface area contributed by atoms with Crippen LogP contribution in [0.5, 0.6) is 0 Å². The third-order valence-electron chi connectivity index (χ3n) is 4.75. The van der Waals surface area contributed by atoms with Crippen LogP contribution >= 0.6 is 11.6 Å². The van der Waals surface area contributed by atoms with Crippen molar-refractivity contribution in [3.8, 4) is 11.3 Å². The molecule has 0 bridgehead atoms. The Hall–Kier alpha value is -2.06. The van der Waals surface area contributed by atoms with Crippen molar-refractivity contribution in [2.45, 2.75) is 38.3 Å². The van der Waals surface area contributed by atoms with Crippen LogP contribution in [0.3, 0.4) is 0 Å². The first-order valence-corrected chi connectivity index (χ1v) is 9.65. The second-order valence-electron chi connectivity index (χ2n) is 6.91. The number of benzene rings is 1. The van der Waals surface area contributed by atoms with E-state index < -0.39 is 11.7 Å². The average molecular weight is 415 g/mol. The summed E-state index contributed by atoms with van der Waals surface area (Å²) >= 11 is 5.64. The van der Waals surface area contributed by atoms with Gasteiger partial charge in [0.1, 0.15) is 0 Å². The summed E-state index contributed by atoms with van der Waals surface area (Å²) in [7, 11) is 0. The predicted octanol–water partition coefficient (Wildman–Crippen LogP) is 4.95. The fourth-order valence-electron chi connectivity index (χ4n) is 3.30. The zero-order valence-electron chi connectivity index (χ0n) is 15.3. The lowest BCUT2D eigenvalue weighted by Gasteiger charge is -2.26. The second kappa shape index (κ2) is 8.96. The maximum Gasteiger partial charge on any atom is 0.417 e. The summed E-state index contributed by atoms with van der Waals surface area (Å²) in [4.78, 5) is 14.4. The number of hydrogen-bond acceptors (Lipinski definition) is 3. The van der Waals surface area contributed by atoms with E-state index >= 15 is 0 Å². The Labute approximate surface area is 166 Å². The summed E-state index contributed by atoms with van der Waals surface area (Å²) in [5, 5.41) is 8.93. The van der Waals surface area contributed by atoms with E-state index in [-0.39, 0.29) is 22.3 Å². The minimum Gasteiger partial charge on any atom is -0.309 e. The molecule has 1 aromatic carbocycles. The minimum absolute atomic E-state index is 0.165. The van der Waals surface area contributed by atoms with Gasteiger partial charge in [0.05, 0.1) is 16.3 Å². The molecular weight excluding hydrogens is 393 g/mol. The molecule has 0 radical (unpaired) electrons. The number of nitrogens with one attached hydrogen (secondary N) is 2. The van der Waals surface area contributed by atoms with Crippen LogP contribution in [0.25, 0.3) is 11.3 Å². The molecule has 2 N–H and O–H groups in total. The molecule has 2 aromatic rings. The number of amides is 1. The fraction of sp³-hybridized carbons (Fsp3) is 0.474. The zero-order valence-corrected chi connectivity index (χ0v) is 16.0. The smallest absolute Gasteiger partial charge is 0.309 e. The van der Waals surface area contributed by atoms with Gasteiger partial charge in [-0.2, -0.15) is 18.3 Å². The van der Waals surface area contributed by atoms with E-state index in [1.54, 1.807) is 0 Å². The first-order chi connectivity index (χ1) is 13.3. The number of aromatic amines is 1. The largest absolute Gasteiger partial charge is 0.417 e. The zero-order chi connectivity index (χ0) is 20.1. The number of aromatic nitrogens is 2. The van der Waals surface area contributed by atoms with E-state index in [0.29, 0.717) is 12.1 Å². The Balaban J connectivity index is 1.56. The summed E-state index contributed by atoms with van der Waals surface area (Å²) in [5.74, 6) is 0.114. The fourth-order valence-corrected chi connectivity index (χ4v) is 3.52. The predicted molar refractivity (Wildman–Crippen MR) is 102 cm³/mol. The van der Waals surface area contributed by atoms with E-state index in [1.807, 2.05) is 0 Å². The Bertz CT molecular complexity index is 816. The van der Waals surface area contributed by atoms with Crippen molar-refractivity contribution >= 4 is 23.3 Å². The van der Waals surface area contributed by atoms with Gasteiger partial charge in [0.15, 0.2) is 5.82 Å². The molecule has 152 valence electrons. The molecule has 5 nitrogen and oxygen atoms in total. The second-order valence-corrected chi connectivity index (χ2v) is 7.32. The van der Waals surface area contributed by atoms with Crippen LogP contribution in [-0.4, -0.2) is 40.6 Å². The number of rotatable bonds is 6. The van der Waals surface area contributed by atoms with Gasteiger partial charge in [0.2, 0.25) is 5.91 Å². The number of halogens is 4. The van der Waals surface area contributed by atoms with Gasteiger partial charge >= 0.3 is 6.18 Å². The van der Waals surface area contributed by atoms with Crippen LogP contribution in [0.1, 0.15) is 37.7 Å². The maximum atomic E-state index is 13.0. The van der Waals surface area contributed by atoms with Crippen molar-refractivity contribution in [1.82, 2.24) is 15.1 Å². The molecule has 1 aliphatic rings. The lowest BCUT2D eigenvalue weighted by Crippen LogP contribution is -2.31. The number of carbonyl (C=O) groups excluding carboxylic acids is 1. The SMILES string of the molecule is O=C(CCCN1CCCCC1)Nc1cc(-c2ccc(Cl)c(C(F)(F)F)c2)[nH]n1. The van der Waals surface area contributed by atoms with Crippen LogP contribution in [-0.2, 0) is 11.0 Å². The van der Waals surface area contributed by atoms with Crippen molar-refractivity contribution in [2.24, 2.45) is 0 Å². The molecule has 0 aliphatic carbocycles. The molecule has 2 heterocycles. The highest BCUT2D eigenvalue weighted by Gasteiger charge is 2.33. The van der Waals surface area contributed by atoms with Gasteiger partial charge in [0.25, 0.3) is 0 Å². The van der Waals surface area contributed by atoms with Crippen LogP contribution in [0, 0.1) is 0 Å². The third kappa shape index (κ3) is 5.48. The molecule has 0 spiro atoms. The summed E-state index contributed by atoms with van der Waals surface area (Å²) < 4.78 is 39.0. The summed E-state index contributed by atoms with van der Waals surface area (Å²) in [5.41, 5.74) is -0.259. The molecule has 1 amide bonds. The first-order valence-electron chi connectivity index (χ1n) is 9.27. The normalized spacial score (nSPS) is 15.6. The molecule has 0 unspecified atom stereocenters. The van der Waals surface area contributed by atoms with Gasteiger partial charge in [-0.05, 0) is 51.0 Å². The Morgan fingerprint density at radius 3 is 2.68 bits per heavy atom. The van der Waals surface area contributed by atoms with E-state index in [0.717, 1.165) is 32.1 Å². The van der Waals surface area contributed by atoms with Crippen LogP contribution in [0.2, 0.25) is 5.02 Å². The van der Waals surface area contributed by atoms with E-state index in [9.17, 15) is 18.0 Å². The minimum atomic E-state index is -4.54. The van der Waals surface area contributed by atoms with E-state index in [2.05, 4.69) is 20.4 Å². The highest BCUT2D eigenvalue weighted by atomic mass is 35.5. The highest BCUT2D eigenvalue weighted by molar-refractivity contribution is 6.31. The van der Waals surface area contributed by atoms with Crippen molar-refractivity contribution in [3.63, 3.8) is 0 Å². The monoisotopic (exact) mass is 414 g/mol. The van der Waals surface area contributed by atoms with Gasteiger partial charge in [-0.3, -0.25) is 9.89 Å². The van der Waals surface area contributed by atoms with E-state index in [1.165, 1.54) is 37.5 Å². The Morgan fingerprint density at radius 2 is 1.96 bits per heavy atom. The van der Waals surface area contributed by atoms with Gasteiger partial charge in [-0.25, -0.2) is 0 Å².